The first-order chi connectivity index (χ1) is 11.1. The van der Waals surface area contributed by atoms with Gasteiger partial charge in [0, 0.05) is 32.4 Å². The molecular formula is C16H16ClFN4O. The van der Waals surface area contributed by atoms with Gasteiger partial charge in [0.1, 0.15) is 11.6 Å². The fraction of sp³-hybridized carbons (Fsp3) is 0.250. The topological polar surface area (TPSA) is 48.5 Å². The van der Waals surface area contributed by atoms with Crippen molar-refractivity contribution >= 4 is 29.1 Å². The van der Waals surface area contributed by atoms with Crippen LogP contribution in [-0.2, 0) is 0 Å². The fourth-order valence-electron chi connectivity index (χ4n) is 2.49. The van der Waals surface area contributed by atoms with Crippen LogP contribution in [0.3, 0.4) is 0 Å². The second-order valence-electron chi connectivity index (χ2n) is 5.19. The van der Waals surface area contributed by atoms with Gasteiger partial charge in [0.15, 0.2) is 0 Å². The van der Waals surface area contributed by atoms with Crippen molar-refractivity contribution in [3.63, 3.8) is 0 Å². The van der Waals surface area contributed by atoms with Gasteiger partial charge in [-0.25, -0.2) is 14.2 Å². The summed E-state index contributed by atoms with van der Waals surface area (Å²) in [6, 6.07) is 9.39. The number of aromatic nitrogens is 1. The fourth-order valence-corrected chi connectivity index (χ4v) is 2.73. The van der Waals surface area contributed by atoms with Crippen LogP contribution in [0.2, 0.25) is 5.02 Å². The molecular weight excluding hydrogens is 319 g/mol. The molecule has 0 bridgehead atoms. The minimum atomic E-state index is -0.445. The van der Waals surface area contributed by atoms with E-state index >= 15 is 0 Å². The van der Waals surface area contributed by atoms with E-state index in [9.17, 15) is 9.18 Å². The molecule has 1 aromatic carbocycles. The van der Waals surface area contributed by atoms with E-state index in [4.69, 9.17) is 11.6 Å². The standard InChI is InChI=1S/C16H16ClFN4O/c17-12-4-3-7-19-15(12)21-8-10-22(11-9-21)16(23)20-14-6-2-1-5-13(14)18/h1-7H,8-11H2,(H,20,23). The number of para-hydroxylation sites is 1. The molecule has 23 heavy (non-hydrogen) atoms. The number of rotatable bonds is 2. The molecule has 2 aromatic rings. The first-order valence-electron chi connectivity index (χ1n) is 7.31. The smallest absolute Gasteiger partial charge is 0.322 e. The van der Waals surface area contributed by atoms with Crippen molar-refractivity contribution in [1.29, 1.82) is 0 Å². The Hall–Kier alpha value is -2.34. The van der Waals surface area contributed by atoms with E-state index in [0.717, 1.165) is 5.82 Å². The molecule has 2 heterocycles. The molecule has 0 saturated carbocycles. The van der Waals surface area contributed by atoms with E-state index < -0.39 is 5.82 Å². The maximum Gasteiger partial charge on any atom is 0.322 e. The molecule has 2 amide bonds. The third-order valence-corrected chi connectivity index (χ3v) is 4.02. The highest BCUT2D eigenvalue weighted by Crippen LogP contribution is 2.23. The number of nitrogens with one attached hydrogen (secondary N) is 1. The Balaban J connectivity index is 1.60. The third kappa shape index (κ3) is 3.53. The Labute approximate surface area is 138 Å². The highest BCUT2D eigenvalue weighted by Gasteiger charge is 2.23. The highest BCUT2D eigenvalue weighted by molar-refractivity contribution is 6.32. The lowest BCUT2D eigenvalue weighted by Crippen LogP contribution is -2.50. The zero-order valence-electron chi connectivity index (χ0n) is 12.4. The molecule has 1 fully saturated rings. The van der Waals surface area contributed by atoms with Gasteiger partial charge >= 0.3 is 6.03 Å². The van der Waals surface area contributed by atoms with Gasteiger partial charge in [0.2, 0.25) is 0 Å². The van der Waals surface area contributed by atoms with Crippen LogP contribution in [0.15, 0.2) is 42.6 Å². The Bertz CT molecular complexity index is 704. The van der Waals surface area contributed by atoms with E-state index in [1.165, 1.54) is 12.1 Å². The number of amides is 2. The number of nitrogens with zero attached hydrogens (tertiary/aromatic N) is 3. The summed E-state index contributed by atoms with van der Waals surface area (Å²) in [5, 5.41) is 3.19. The van der Waals surface area contributed by atoms with Crippen molar-refractivity contribution in [3.05, 3.63) is 53.4 Å². The van der Waals surface area contributed by atoms with Crippen molar-refractivity contribution in [2.45, 2.75) is 0 Å². The lowest BCUT2D eigenvalue weighted by atomic mass is 10.3. The summed E-state index contributed by atoms with van der Waals surface area (Å²) in [7, 11) is 0. The predicted molar refractivity (Wildman–Crippen MR) is 88.5 cm³/mol. The van der Waals surface area contributed by atoms with E-state index in [0.29, 0.717) is 31.2 Å². The molecule has 7 heteroatoms. The van der Waals surface area contributed by atoms with Gasteiger partial charge in [-0.1, -0.05) is 23.7 Å². The minimum Gasteiger partial charge on any atom is -0.352 e. The summed E-state index contributed by atoms with van der Waals surface area (Å²) in [5.74, 6) is 0.281. The van der Waals surface area contributed by atoms with E-state index in [-0.39, 0.29) is 11.7 Å². The number of carbonyl (C=O) groups is 1. The molecule has 3 rings (SSSR count). The van der Waals surface area contributed by atoms with Gasteiger partial charge < -0.3 is 15.1 Å². The van der Waals surface area contributed by atoms with Crippen molar-refractivity contribution in [3.8, 4) is 0 Å². The van der Waals surface area contributed by atoms with Crippen molar-refractivity contribution in [1.82, 2.24) is 9.88 Å². The second kappa shape index (κ2) is 6.83. The SMILES string of the molecule is O=C(Nc1ccccc1F)N1CCN(c2ncccc2Cl)CC1. The molecule has 0 aliphatic carbocycles. The van der Waals surface area contributed by atoms with Gasteiger partial charge in [-0.15, -0.1) is 0 Å². The monoisotopic (exact) mass is 334 g/mol. The summed E-state index contributed by atoms with van der Waals surface area (Å²) < 4.78 is 13.6. The maximum absolute atomic E-state index is 13.6. The number of urea groups is 1. The van der Waals surface area contributed by atoms with Gasteiger partial charge in [0.25, 0.3) is 0 Å². The highest BCUT2D eigenvalue weighted by atomic mass is 35.5. The number of halogens is 2. The van der Waals surface area contributed by atoms with Crippen LogP contribution in [0.1, 0.15) is 0 Å². The van der Waals surface area contributed by atoms with Crippen LogP contribution in [-0.4, -0.2) is 42.1 Å². The van der Waals surface area contributed by atoms with E-state index in [2.05, 4.69) is 10.3 Å². The van der Waals surface area contributed by atoms with Gasteiger partial charge in [-0.05, 0) is 24.3 Å². The van der Waals surface area contributed by atoms with E-state index in [1.807, 2.05) is 4.90 Å². The zero-order chi connectivity index (χ0) is 16.2. The first kappa shape index (κ1) is 15.6. The first-order valence-corrected chi connectivity index (χ1v) is 7.69. The van der Waals surface area contributed by atoms with Crippen LogP contribution in [0, 0.1) is 5.82 Å². The molecule has 1 aromatic heterocycles. The molecule has 1 aliphatic rings. The summed E-state index contributed by atoms with van der Waals surface area (Å²) in [6.45, 7) is 2.29. The number of pyridine rings is 1. The lowest BCUT2D eigenvalue weighted by molar-refractivity contribution is 0.208. The number of hydrogen-bond donors (Lipinski definition) is 1. The number of benzene rings is 1. The van der Waals surface area contributed by atoms with Gasteiger partial charge in [-0.3, -0.25) is 0 Å². The summed E-state index contributed by atoms with van der Waals surface area (Å²) in [4.78, 5) is 20.2. The normalized spacial score (nSPS) is 14.7. The molecule has 1 N–H and O–H groups in total. The quantitative estimate of drug-likeness (QED) is 0.917. The maximum atomic E-state index is 13.6. The number of hydrogen-bond acceptors (Lipinski definition) is 3. The Morgan fingerprint density at radius 1 is 1.13 bits per heavy atom. The molecule has 1 saturated heterocycles. The predicted octanol–water partition coefficient (Wildman–Crippen LogP) is 3.23. The zero-order valence-corrected chi connectivity index (χ0v) is 13.1. The van der Waals surface area contributed by atoms with E-state index in [1.54, 1.807) is 35.4 Å². The van der Waals surface area contributed by atoms with Gasteiger partial charge in [-0.2, -0.15) is 0 Å². The Morgan fingerprint density at radius 2 is 1.87 bits per heavy atom. The van der Waals surface area contributed by atoms with Crippen molar-refractivity contribution in [2.24, 2.45) is 0 Å². The summed E-state index contributed by atoms with van der Waals surface area (Å²) in [5.41, 5.74) is 0.188. The third-order valence-electron chi connectivity index (χ3n) is 3.72. The largest absolute Gasteiger partial charge is 0.352 e. The summed E-state index contributed by atoms with van der Waals surface area (Å²) >= 11 is 6.14. The number of piperazine rings is 1. The molecule has 0 unspecified atom stereocenters. The van der Waals surface area contributed by atoms with Gasteiger partial charge in [0.05, 0.1) is 10.7 Å². The van der Waals surface area contributed by atoms with Crippen LogP contribution in [0.5, 0.6) is 0 Å². The average molecular weight is 335 g/mol. The molecule has 1 aliphatic heterocycles. The minimum absolute atomic E-state index is 0.188. The van der Waals surface area contributed by atoms with Crippen LogP contribution in [0.4, 0.5) is 20.7 Å². The molecule has 5 nitrogen and oxygen atoms in total. The summed E-state index contributed by atoms with van der Waals surface area (Å²) in [6.07, 6.45) is 1.69. The number of carbonyl (C=O) groups excluding carboxylic acids is 1. The average Bonchev–Trinajstić information content (AvgIpc) is 2.57. The molecule has 0 atom stereocenters. The van der Waals surface area contributed by atoms with Crippen LogP contribution in [0.25, 0.3) is 0 Å². The second-order valence-corrected chi connectivity index (χ2v) is 5.60. The van der Waals surface area contributed by atoms with Crippen LogP contribution >= 0.6 is 11.6 Å². The van der Waals surface area contributed by atoms with Crippen molar-refractivity contribution < 1.29 is 9.18 Å². The molecule has 120 valence electrons. The molecule has 0 spiro atoms. The molecule has 0 radical (unpaired) electrons. The Kier molecular flexibility index (Phi) is 4.62. The lowest BCUT2D eigenvalue weighted by Gasteiger charge is -2.35. The Morgan fingerprint density at radius 3 is 2.57 bits per heavy atom. The number of anilines is 2. The van der Waals surface area contributed by atoms with Crippen LogP contribution < -0.4 is 10.2 Å². The van der Waals surface area contributed by atoms with Crippen molar-refractivity contribution in [2.75, 3.05) is 36.4 Å².